The first-order valence-corrected chi connectivity index (χ1v) is 6.48. The molecule has 1 atom stereocenters. The van der Waals surface area contributed by atoms with E-state index in [4.69, 9.17) is 0 Å². The minimum absolute atomic E-state index is 0.159. The van der Waals surface area contributed by atoms with Crippen molar-refractivity contribution in [1.82, 2.24) is 9.47 Å². The lowest BCUT2D eigenvalue weighted by atomic mass is 10.2. The Morgan fingerprint density at radius 2 is 1.94 bits per heavy atom. The molecule has 98 valence electrons. The minimum atomic E-state index is -0.225. The van der Waals surface area contributed by atoms with Crippen LogP contribution in [0.15, 0.2) is 6.07 Å². The molecule has 0 aliphatic carbocycles. The smallest absolute Gasteiger partial charge is 0.245 e. The van der Waals surface area contributed by atoms with Gasteiger partial charge in [0.25, 0.3) is 0 Å². The molecule has 0 radical (unpaired) electrons. The quantitative estimate of drug-likeness (QED) is 0.769. The molecule has 1 unspecified atom stereocenters. The van der Waals surface area contributed by atoms with Crippen LogP contribution in [0.5, 0.6) is 0 Å². The number of likely N-dealkylation sites (tertiary alicyclic amines) is 1. The summed E-state index contributed by atoms with van der Waals surface area (Å²) in [4.78, 5) is 25.2. The van der Waals surface area contributed by atoms with E-state index >= 15 is 0 Å². The van der Waals surface area contributed by atoms with E-state index in [1.54, 1.807) is 0 Å². The number of aldehydes is 1. The van der Waals surface area contributed by atoms with Crippen molar-refractivity contribution in [2.75, 3.05) is 13.1 Å². The van der Waals surface area contributed by atoms with Gasteiger partial charge < -0.3 is 9.47 Å². The van der Waals surface area contributed by atoms with Gasteiger partial charge in [0.2, 0.25) is 5.91 Å². The van der Waals surface area contributed by atoms with Gasteiger partial charge in [-0.05, 0) is 39.7 Å². The van der Waals surface area contributed by atoms with Crippen LogP contribution in [0.4, 0.5) is 0 Å². The van der Waals surface area contributed by atoms with Gasteiger partial charge in [-0.15, -0.1) is 0 Å². The molecule has 2 heterocycles. The van der Waals surface area contributed by atoms with E-state index in [9.17, 15) is 9.59 Å². The van der Waals surface area contributed by atoms with Gasteiger partial charge in [-0.2, -0.15) is 0 Å². The summed E-state index contributed by atoms with van der Waals surface area (Å²) in [6.45, 7) is 7.47. The summed E-state index contributed by atoms with van der Waals surface area (Å²) in [7, 11) is 0. The summed E-state index contributed by atoms with van der Waals surface area (Å²) >= 11 is 0. The third-order valence-electron chi connectivity index (χ3n) is 3.81. The van der Waals surface area contributed by atoms with Crippen molar-refractivity contribution < 1.29 is 9.59 Å². The first kappa shape index (κ1) is 12.9. The second-order valence-electron chi connectivity index (χ2n) is 5.02. The Morgan fingerprint density at radius 1 is 1.33 bits per heavy atom. The molecular formula is C14H20N2O2. The summed E-state index contributed by atoms with van der Waals surface area (Å²) in [5.74, 6) is 0.159. The van der Waals surface area contributed by atoms with Gasteiger partial charge in [0.05, 0.1) is 0 Å². The molecule has 4 heteroatoms. The number of nitrogens with zero attached hydrogens (tertiary/aromatic N) is 2. The fourth-order valence-corrected chi connectivity index (χ4v) is 2.83. The fraction of sp³-hybridized carbons (Fsp3) is 0.571. The summed E-state index contributed by atoms with van der Waals surface area (Å²) in [6.07, 6.45) is 3.05. The number of aryl methyl sites for hydroxylation is 1. The largest absolute Gasteiger partial charge is 0.341 e. The van der Waals surface area contributed by atoms with Crippen LogP contribution in [-0.2, 0) is 4.79 Å². The number of rotatable bonds is 3. The highest BCUT2D eigenvalue weighted by molar-refractivity contribution is 5.82. The first-order chi connectivity index (χ1) is 8.56. The Balaban J connectivity index is 2.27. The molecule has 0 spiro atoms. The summed E-state index contributed by atoms with van der Waals surface area (Å²) in [5, 5.41) is 0. The standard InChI is InChI=1S/C14H20N2O2/c1-10-8-13(9-17)11(2)16(10)12(3)14(18)15-6-4-5-7-15/h8-9,12H,4-7H2,1-3H3. The fourth-order valence-electron chi connectivity index (χ4n) is 2.83. The van der Waals surface area contributed by atoms with Crippen LogP contribution in [0.25, 0.3) is 0 Å². The van der Waals surface area contributed by atoms with Crippen molar-refractivity contribution in [3.05, 3.63) is 23.0 Å². The number of hydrogen-bond donors (Lipinski definition) is 0. The average molecular weight is 248 g/mol. The van der Waals surface area contributed by atoms with Gasteiger partial charge in [-0.1, -0.05) is 0 Å². The molecule has 1 aliphatic heterocycles. The highest BCUT2D eigenvalue weighted by atomic mass is 16.2. The van der Waals surface area contributed by atoms with E-state index in [-0.39, 0.29) is 11.9 Å². The number of hydrogen-bond acceptors (Lipinski definition) is 2. The molecule has 2 rings (SSSR count). The lowest BCUT2D eigenvalue weighted by Crippen LogP contribution is -2.34. The van der Waals surface area contributed by atoms with Crippen molar-refractivity contribution in [2.24, 2.45) is 0 Å². The minimum Gasteiger partial charge on any atom is -0.341 e. The van der Waals surface area contributed by atoms with Crippen molar-refractivity contribution in [2.45, 2.75) is 39.7 Å². The van der Waals surface area contributed by atoms with E-state index in [0.29, 0.717) is 5.56 Å². The van der Waals surface area contributed by atoms with Crippen LogP contribution >= 0.6 is 0 Å². The zero-order chi connectivity index (χ0) is 13.3. The second-order valence-corrected chi connectivity index (χ2v) is 5.02. The highest BCUT2D eigenvalue weighted by Crippen LogP contribution is 2.22. The Morgan fingerprint density at radius 3 is 2.44 bits per heavy atom. The molecule has 4 nitrogen and oxygen atoms in total. The number of carbonyl (C=O) groups excluding carboxylic acids is 2. The molecule has 0 saturated carbocycles. The molecule has 1 aromatic heterocycles. The summed E-state index contributed by atoms with van der Waals surface area (Å²) in [6, 6.07) is 1.62. The van der Waals surface area contributed by atoms with Crippen LogP contribution in [-0.4, -0.2) is 34.7 Å². The number of amides is 1. The van der Waals surface area contributed by atoms with E-state index < -0.39 is 0 Å². The topological polar surface area (TPSA) is 42.3 Å². The predicted molar refractivity (Wildman–Crippen MR) is 69.8 cm³/mol. The summed E-state index contributed by atoms with van der Waals surface area (Å²) in [5.41, 5.74) is 2.52. The highest BCUT2D eigenvalue weighted by Gasteiger charge is 2.26. The molecular weight excluding hydrogens is 228 g/mol. The van der Waals surface area contributed by atoms with Crippen LogP contribution in [0, 0.1) is 13.8 Å². The monoisotopic (exact) mass is 248 g/mol. The Labute approximate surface area is 108 Å². The number of carbonyl (C=O) groups is 2. The molecule has 1 saturated heterocycles. The maximum absolute atomic E-state index is 12.4. The summed E-state index contributed by atoms with van der Waals surface area (Å²) < 4.78 is 1.96. The maximum Gasteiger partial charge on any atom is 0.245 e. The van der Waals surface area contributed by atoms with Crippen LogP contribution < -0.4 is 0 Å². The second kappa shape index (κ2) is 4.96. The molecule has 0 N–H and O–H groups in total. The molecule has 1 aliphatic rings. The zero-order valence-corrected chi connectivity index (χ0v) is 11.3. The van der Waals surface area contributed by atoms with Gasteiger partial charge in [-0.3, -0.25) is 9.59 Å². The van der Waals surface area contributed by atoms with Gasteiger partial charge in [0.15, 0.2) is 6.29 Å². The Kier molecular flexibility index (Phi) is 3.55. The average Bonchev–Trinajstić information content (AvgIpc) is 2.96. The molecule has 1 amide bonds. The molecule has 0 aromatic carbocycles. The predicted octanol–water partition coefficient (Wildman–Crippen LogP) is 2.10. The molecule has 18 heavy (non-hydrogen) atoms. The van der Waals surface area contributed by atoms with E-state index in [2.05, 4.69) is 0 Å². The SMILES string of the molecule is Cc1cc(C=O)c(C)n1C(C)C(=O)N1CCCC1. The molecule has 0 bridgehead atoms. The lowest BCUT2D eigenvalue weighted by molar-refractivity contribution is -0.133. The van der Waals surface area contributed by atoms with Crippen molar-refractivity contribution >= 4 is 12.2 Å². The third kappa shape index (κ3) is 2.07. The van der Waals surface area contributed by atoms with E-state index in [0.717, 1.165) is 43.6 Å². The lowest BCUT2D eigenvalue weighted by Gasteiger charge is -2.23. The van der Waals surface area contributed by atoms with E-state index in [1.165, 1.54) is 0 Å². The third-order valence-corrected chi connectivity index (χ3v) is 3.81. The zero-order valence-electron chi connectivity index (χ0n) is 11.3. The Hall–Kier alpha value is -1.58. The van der Waals surface area contributed by atoms with Crippen LogP contribution in [0.2, 0.25) is 0 Å². The van der Waals surface area contributed by atoms with Crippen LogP contribution in [0.3, 0.4) is 0 Å². The van der Waals surface area contributed by atoms with Crippen molar-refractivity contribution in [3.63, 3.8) is 0 Å². The van der Waals surface area contributed by atoms with E-state index in [1.807, 2.05) is 36.3 Å². The Bertz CT molecular complexity index is 470. The van der Waals surface area contributed by atoms with Gasteiger partial charge >= 0.3 is 0 Å². The first-order valence-electron chi connectivity index (χ1n) is 6.48. The molecule has 1 aromatic rings. The van der Waals surface area contributed by atoms with Gasteiger partial charge in [0, 0.05) is 30.0 Å². The number of aromatic nitrogens is 1. The van der Waals surface area contributed by atoms with Crippen LogP contribution in [0.1, 0.15) is 47.6 Å². The van der Waals surface area contributed by atoms with Gasteiger partial charge in [0.1, 0.15) is 6.04 Å². The maximum atomic E-state index is 12.4. The normalized spacial score (nSPS) is 16.9. The van der Waals surface area contributed by atoms with Crippen molar-refractivity contribution in [3.8, 4) is 0 Å². The van der Waals surface area contributed by atoms with Gasteiger partial charge in [-0.25, -0.2) is 0 Å². The van der Waals surface area contributed by atoms with Crippen molar-refractivity contribution in [1.29, 1.82) is 0 Å². The molecule has 1 fully saturated rings.